The maximum atomic E-state index is 5.24. The molecule has 2 nitrogen and oxygen atoms in total. The average Bonchev–Trinajstić information content (AvgIpc) is 1.88. The third kappa shape index (κ3) is 2.74. The molecular weight excluding hydrogens is 340 g/mol. The van der Waals surface area contributed by atoms with Crippen LogP contribution in [-0.2, 0) is 0 Å². The van der Waals surface area contributed by atoms with Gasteiger partial charge in [-0.15, -0.1) is 17.0 Å². The second kappa shape index (κ2) is 5.13. The predicted molar refractivity (Wildman–Crippen MR) is 60.0 cm³/mol. The Labute approximate surface area is 92.5 Å². The van der Waals surface area contributed by atoms with Gasteiger partial charge in [-0.1, -0.05) is 6.07 Å². The number of hydrogen-bond acceptors (Lipinski definition) is 2. The van der Waals surface area contributed by atoms with Gasteiger partial charge in [-0.05, 0) is 44.0 Å². The maximum Gasteiger partial charge on any atom is 0.0771 e. The third-order valence-corrected chi connectivity index (χ3v) is 2.43. The molecule has 5 heteroatoms. The quantitative estimate of drug-likeness (QED) is 0.606. The topological polar surface area (TPSA) is 38.0 Å². The molecule has 0 bridgehead atoms. The summed E-state index contributed by atoms with van der Waals surface area (Å²) in [5, 5.41) is 0. The molecular formula is C6H7Br3N2. The van der Waals surface area contributed by atoms with Crippen LogP contribution in [0, 0.1) is 0 Å². The summed E-state index contributed by atoms with van der Waals surface area (Å²) in [6.45, 7) is 0. The summed E-state index contributed by atoms with van der Waals surface area (Å²) in [5.74, 6) is 5.24. The van der Waals surface area contributed by atoms with Crippen LogP contribution >= 0.6 is 48.8 Å². The van der Waals surface area contributed by atoms with Crippen LogP contribution in [0.1, 0.15) is 0 Å². The lowest BCUT2D eigenvalue weighted by molar-refractivity contribution is 1.33. The second-order valence-electron chi connectivity index (χ2n) is 1.74. The normalized spacial score (nSPS) is 8.64. The van der Waals surface area contributed by atoms with Crippen molar-refractivity contribution >= 4 is 54.5 Å². The minimum Gasteiger partial charge on any atom is -0.322 e. The van der Waals surface area contributed by atoms with E-state index in [9.17, 15) is 0 Å². The lowest BCUT2D eigenvalue weighted by atomic mass is 10.3. The summed E-state index contributed by atoms with van der Waals surface area (Å²) in [6.07, 6.45) is 0. The van der Waals surface area contributed by atoms with E-state index in [1.54, 1.807) is 0 Å². The van der Waals surface area contributed by atoms with Gasteiger partial charge in [-0.25, -0.2) is 0 Å². The van der Waals surface area contributed by atoms with Crippen molar-refractivity contribution < 1.29 is 0 Å². The SMILES string of the molecule is Br.NNc1c(Br)cccc1Br. The molecule has 0 saturated carbocycles. The summed E-state index contributed by atoms with van der Waals surface area (Å²) in [5.41, 5.74) is 3.43. The van der Waals surface area contributed by atoms with Gasteiger partial charge in [0.2, 0.25) is 0 Å². The Morgan fingerprint density at radius 3 is 1.91 bits per heavy atom. The molecule has 11 heavy (non-hydrogen) atoms. The van der Waals surface area contributed by atoms with Gasteiger partial charge in [-0.2, -0.15) is 0 Å². The lowest BCUT2D eigenvalue weighted by Crippen LogP contribution is -2.07. The number of para-hydroxylation sites is 1. The number of hydrogen-bond donors (Lipinski definition) is 2. The molecule has 0 saturated heterocycles. The monoisotopic (exact) mass is 344 g/mol. The van der Waals surface area contributed by atoms with Crippen molar-refractivity contribution in [2.75, 3.05) is 5.43 Å². The zero-order valence-electron chi connectivity index (χ0n) is 5.47. The molecule has 1 rings (SSSR count). The van der Waals surface area contributed by atoms with Gasteiger partial charge in [0.1, 0.15) is 0 Å². The van der Waals surface area contributed by atoms with Crippen LogP contribution in [0.3, 0.4) is 0 Å². The van der Waals surface area contributed by atoms with Crippen LogP contribution in [0.5, 0.6) is 0 Å². The molecule has 0 unspecified atom stereocenters. The van der Waals surface area contributed by atoms with Crippen molar-refractivity contribution in [1.29, 1.82) is 0 Å². The first-order valence-electron chi connectivity index (χ1n) is 2.66. The van der Waals surface area contributed by atoms with Crippen LogP contribution in [-0.4, -0.2) is 0 Å². The average molecular weight is 347 g/mol. The highest BCUT2D eigenvalue weighted by Crippen LogP contribution is 2.29. The fourth-order valence-corrected chi connectivity index (χ4v) is 1.86. The van der Waals surface area contributed by atoms with E-state index in [4.69, 9.17) is 5.84 Å². The fourth-order valence-electron chi connectivity index (χ4n) is 0.636. The Bertz CT molecular complexity index is 219. The zero-order chi connectivity index (χ0) is 7.56. The molecule has 0 heterocycles. The summed E-state index contributed by atoms with van der Waals surface area (Å²) >= 11 is 6.67. The minimum atomic E-state index is 0. The van der Waals surface area contributed by atoms with Gasteiger partial charge >= 0.3 is 0 Å². The van der Waals surface area contributed by atoms with Crippen LogP contribution in [0.2, 0.25) is 0 Å². The molecule has 0 radical (unpaired) electrons. The number of anilines is 1. The number of hydrazine groups is 1. The molecule has 3 N–H and O–H groups in total. The third-order valence-electron chi connectivity index (χ3n) is 1.11. The lowest BCUT2D eigenvalue weighted by Gasteiger charge is -2.03. The van der Waals surface area contributed by atoms with Crippen LogP contribution in [0.15, 0.2) is 27.1 Å². The van der Waals surface area contributed by atoms with Crippen molar-refractivity contribution in [2.45, 2.75) is 0 Å². The highest BCUT2D eigenvalue weighted by molar-refractivity contribution is 9.11. The molecule has 0 atom stereocenters. The van der Waals surface area contributed by atoms with Gasteiger partial charge in [0.25, 0.3) is 0 Å². The van der Waals surface area contributed by atoms with Crippen molar-refractivity contribution in [3.8, 4) is 0 Å². The predicted octanol–water partition coefficient (Wildman–Crippen LogP) is 3.08. The number of nitrogen functional groups attached to an aromatic ring is 1. The zero-order valence-corrected chi connectivity index (χ0v) is 10.4. The Kier molecular flexibility index (Phi) is 5.33. The molecule has 62 valence electrons. The van der Waals surface area contributed by atoms with E-state index in [2.05, 4.69) is 37.3 Å². The summed E-state index contributed by atoms with van der Waals surface area (Å²) in [7, 11) is 0. The Morgan fingerprint density at radius 1 is 1.18 bits per heavy atom. The molecule has 0 amide bonds. The Morgan fingerprint density at radius 2 is 1.64 bits per heavy atom. The van der Waals surface area contributed by atoms with Crippen molar-refractivity contribution in [1.82, 2.24) is 0 Å². The molecule has 0 aliphatic heterocycles. The number of benzene rings is 1. The van der Waals surface area contributed by atoms with Gasteiger partial charge in [0.05, 0.1) is 5.69 Å². The summed E-state index contributed by atoms with van der Waals surface area (Å²) in [4.78, 5) is 0. The molecule has 0 aliphatic rings. The highest BCUT2D eigenvalue weighted by Gasteiger charge is 1.99. The van der Waals surface area contributed by atoms with Gasteiger partial charge in [0, 0.05) is 8.95 Å². The smallest absolute Gasteiger partial charge is 0.0771 e. The maximum absolute atomic E-state index is 5.24. The first-order valence-corrected chi connectivity index (χ1v) is 4.25. The molecule has 0 aromatic heterocycles. The van der Waals surface area contributed by atoms with Crippen LogP contribution < -0.4 is 11.3 Å². The van der Waals surface area contributed by atoms with Gasteiger partial charge in [0.15, 0.2) is 0 Å². The Hall–Kier alpha value is 0.420. The van der Waals surface area contributed by atoms with E-state index in [0.717, 1.165) is 14.6 Å². The van der Waals surface area contributed by atoms with E-state index in [-0.39, 0.29) is 17.0 Å². The molecule has 0 fully saturated rings. The van der Waals surface area contributed by atoms with Crippen LogP contribution in [0.4, 0.5) is 5.69 Å². The minimum absolute atomic E-state index is 0. The second-order valence-corrected chi connectivity index (χ2v) is 3.45. The van der Waals surface area contributed by atoms with Crippen LogP contribution in [0.25, 0.3) is 0 Å². The van der Waals surface area contributed by atoms with Crippen molar-refractivity contribution in [2.24, 2.45) is 5.84 Å². The highest BCUT2D eigenvalue weighted by atomic mass is 79.9. The summed E-state index contributed by atoms with van der Waals surface area (Å²) in [6, 6.07) is 5.76. The largest absolute Gasteiger partial charge is 0.322 e. The molecule has 0 aliphatic carbocycles. The standard InChI is InChI=1S/C6H6Br2N2.BrH/c7-4-2-1-3-5(8)6(4)10-9;/h1-3,10H,9H2;1H. The van der Waals surface area contributed by atoms with Crippen molar-refractivity contribution in [3.05, 3.63) is 27.1 Å². The molecule has 1 aromatic carbocycles. The Balaban J connectivity index is 0.000001000. The number of halogens is 3. The van der Waals surface area contributed by atoms with E-state index >= 15 is 0 Å². The first kappa shape index (κ1) is 11.4. The number of nitrogens with one attached hydrogen (secondary N) is 1. The molecule has 0 spiro atoms. The number of rotatable bonds is 1. The van der Waals surface area contributed by atoms with E-state index in [1.807, 2.05) is 18.2 Å². The van der Waals surface area contributed by atoms with E-state index in [1.165, 1.54) is 0 Å². The number of nitrogens with two attached hydrogens (primary N) is 1. The van der Waals surface area contributed by atoms with Crippen molar-refractivity contribution in [3.63, 3.8) is 0 Å². The van der Waals surface area contributed by atoms with Gasteiger partial charge in [-0.3, -0.25) is 5.84 Å². The van der Waals surface area contributed by atoms with Gasteiger partial charge < -0.3 is 5.43 Å². The summed E-state index contributed by atoms with van der Waals surface area (Å²) < 4.78 is 1.90. The molecule has 1 aromatic rings. The first-order chi connectivity index (χ1) is 4.75. The van der Waals surface area contributed by atoms with E-state index < -0.39 is 0 Å². The fraction of sp³-hybridized carbons (Fsp3) is 0. The van der Waals surface area contributed by atoms with E-state index in [0.29, 0.717) is 0 Å².